The number of rotatable bonds is 4. The number of hydrogen-bond donors (Lipinski definition) is 0. The lowest BCUT2D eigenvalue weighted by Crippen LogP contribution is -2.04. The van der Waals surface area contributed by atoms with Gasteiger partial charge in [0.15, 0.2) is 0 Å². The second-order valence-electron chi connectivity index (χ2n) is 13.0. The third kappa shape index (κ3) is 4.37. The van der Waals surface area contributed by atoms with Crippen LogP contribution in [0.3, 0.4) is 0 Å². The summed E-state index contributed by atoms with van der Waals surface area (Å²) in [5.74, 6) is 7.08. The van der Waals surface area contributed by atoms with Crippen LogP contribution in [0.4, 0.5) is 0 Å². The number of benzene rings is 6. The van der Waals surface area contributed by atoms with Gasteiger partial charge in [-0.1, -0.05) is 121 Å². The molecule has 0 saturated carbocycles. The van der Waals surface area contributed by atoms with Crippen molar-refractivity contribution < 1.29 is 0 Å². The Morgan fingerprint density at radius 1 is 0.592 bits per heavy atom. The largest absolute Gasteiger partial charge is 0.309 e. The van der Waals surface area contributed by atoms with E-state index in [4.69, 9.17) is 0 Å². The standard InChI is InChI=1S/C47H32N2/c1-5-15-32(16-6-1)35-26-27-43(39(29-35)33-17-7-2-8-18-33)49-42-24-12-4-11-23-38(42)40-30-41-46(31-45(40)49)48(36-20-9-3-10-21-36)44-28-25-34-19-13-14-22-37(34)47(41)44/h1-3,5-7,9-11,13-17,19-23,25-31H,4,8,18H2. The van der Waals surface area contributed by atoms with Crippen molar-refractivity contribution in [3.63, 3.8) is 0 Å². The minimum atomic E-state index is 0.742. The molecule has 2 heterocycles. The lowest BCUT2D eigenvalue weighted by Gasteiger charge is -2.19. The minimum absolute atomic E-state index is 0.742. The molecule has 2 nitrogen and oxygen atoms in total. The molecule has 230 valence electrons. The number of fused-ring (bicyclic) bond motifs is 8. The highest BCUT2D eigenvalue weighted by atomic mass is 15.0. The van der Waals surface area contributed by atoms with Crippen LogP contribution >= 0.6 is 0 Å². The van der Waals surface area contributed by atoms with Crippen molar-refractivity contribution in [2.75, 3.05) is 0 Å². The van der Waals surface area contributed by atoms with Crippen LogP contribution in [0.1, 0.15) is 36.1 Å². The summed E-state index contributed by atoms with van der Waals surface area (Å²) in [7, 11) is 0. The number of allylic oxidation sites excluding steroid dienone is 5. The number of aromatic nitrogens is 2. The van der Waals surface area contributed by atoms with Crippen LogP contribution in [-0.2, 0) is 0 Å². The molecular formula is C47H32N2. The van der Waals surface area contributed by atoms with Crippen LogP contribution in [0.15, 0.2) is 152 Å². The average Bonchev–Trinajstić information content (AvgIpc) is 3.53. The number of para-hydroxylation sites is 1. The van der Waals surface area contributed by atoms with E-state index in [2.05, 4.69) is 179 Å². The highest BCUT2D eigenvalue weighted by Crippen LogP contribution is 2.43. The highest BCUT2D eigenvalue weighted by Gasteiger charge is 2.24. The second-order valence-corrected chi connectivity index (χ2v) is 13.0. The van der Waals surface area contributed by atoms with Gasteiger partial charge in [0.05, 0.1) is 22.2 Å². The Balaban J connectivity index is 1.35. The topological polar surface area (TPSA) is 9.86 Å². The fraction of sp³-hybridized carbons (Fsp3) is 0.0638. The first kappa shape index (κ1) is 27.8. The van der Waals surface area contributed by atoms with Gasteiger partial charge in [0.25, 0.3) is 0 Å². The monoisotopic (exact) mass is 624 g/mol. The molecule has 0 radical (unpaired) electrons. The molecule has 49 heavy (non-hydrogen) atoms. The molecule has 2 aliphatic rings. The average molecular weight is 625 g/mol. The predicted molar refractivity (Wildman–Crippen MR) is 207 cm³/mol. The molecule has 0 aliphatic heterocycles. The van der Waals surface area contributed by atoms with E-state index < -0.39 is 0 Å². The summed E-state index contributed by atoms with van der Waals surface area (Å²) < 4.78 is 4.88. The van der Waals surface area contributed by atoms with E-state index in [-0.39, 0.29) is 0 Å². The van der Waals surface area contributed by atoms with Gasteiger partial charge in [0, 0.05) is 39.4 Å². The van der Waals surface area contributed by atoms with E-state index in [1.54, 1.807) is 0 Å². The summed E-state index contributed by atoms with van der Waals surface area (Å²) in [5.41, 5.74) is 13.2. The molecule has 0 atom stereocenters. The van der Waals surface area contributed by atoms with Crippen molar-refractivity contribution in [3.05, 3.63) is 169 Å². The quantitative estimate of drug-likeness (QED) is 0.172. The molecule has 2 aliphatic carbocycles. The van der Waals surface area contributed by atoms with Crippen LogP contribution in [0.2, 0.25) is 0 Å². The van der Waals surface area contributed by atoms with E-state index >= 15 is 0 Å². The summed E-state index contributed by atoms with van der Waals surface area (Å²) in [5, 5.41) is 6.30. The zero-order valence-electron chi connectivity index (χ0n) is 27.0. The third-order valence-corrected chi connectivity index (χ3v) is 10.2. The molecule has 0 bridgehead atoms. The molecular weight excluding hydrogens is 593 g/mol. The molecule has 2 aromatic heterocycles. The zero-order chi connectivity index (χ0) is 32.3. The molecule has 0 amide bonds. The minimum Gasteiger partial charge on any atom is -0.309 e. The summed E-state index contributed by atoms with van der Waals surface area (Å²) in [6.45, 7) is 0. The first-order valence-electron chi connectivity index (χ1n) is 17.1. The van der Waals surface area contributed by atoms with Crippen LogP contribution in [0.25, 0.3) is 77.6 Å². The SMILES string of the molecule is C1#Cc2c(c3cc4c5c6ccccc6ccc5n(-c5ccccc5)c4cc3n2-c2ccc(-c3ccccc3)cc2C2=CC=CCC2)C=CC1. The highest BCUT2D eigenvalue weighted by molar-refractivity contribution is 6.23. The molecule has 0 spiro atoms. The van der Waals surface area contributed by atoms with Gasteiger partial charge in [-0.15, -0.1) is 0 Å². The van der Waals surface area contributed by atoms with Gasteiger partial charge in [-0.2, -0.15) is 0 Å². The van der Waals surface area contributed by atoms with Crippen LogP contribution in [0, 0.1) is 11.8 Å². The third-order valence-electron chi connectivity index (χ3n) is 10.2. The van der Waals surface area contributed by atoms with Crippen LogP contribution in [-0.4, -0.2) is 9.13 Å². The van der Waals surface area contributed by atoms with Gasteiger partial charge in [-0.25, -0.2) is 0 Å². The van der Waals surface area contributed by atoms with Crippen molar-refractivity contribution in [2.24, 2.45) is 0 Å². The van der Waals surface area contributed by atoms with Crippen molar-refractivity contribution in [3.8, 4) is 34.3 Å². The molecule has 0 saturated heterocycles. The first-order chi connectivity index (χ1) is 24.3. The van der Waals surface area contributed by atoms with Crippen LogP contribution in [0.5, 0.6) is 0 Å². The molecule has 0 N–H and O–H groups in total. The normalized spacial score (nSPS) is 13.8. The Morgan fingerprint density at radius 2 is 1.41 bits per heavy atom. The fourth-order valence-corrected chi connectivity index (χ4v) is 7.98. The smallest absolute Gasteiger partial charge is 0.105 e. The van der Waals surface area contributed by atoms with E-state index in [9.17, 15) is 0 Å². The zero-order valence-corrected chi connectivity index (χ0v) is 27.0. The Kier molecular flexibility index (Phi) is 6.32. The Hall–Kier alpha value is -6.30. The van der Waals surface area contributed by atoms with E-state index in [1.165, 1.54) is 77.0 Å². The van der Waals surface area contributed by atoms with E-state index in [0.29, 0.717) is 0 Å². The number of hydrogen-bond acceptors (Lipinski definition) is 0. The summed E-state index contributed by atoms with van der Waals surface area (Å²) in [6, 6.07) is 46.6. The second kappa shape index (κ2) is 11.2. The van der Waals surface area contributed by atoms with Crippen molar-refractivity contribution in [2.45, 2.75) is 19.3 Å². The first-order valence-corrected chi connectivity index (χ1v) is 17.1. The molecule has 0 unspecified atom stereocenters. The molecule has 10 rings (SSSR count). The molecule has 2 heteroatoms. The number of nitrogens with zero attached hydrogens (tertiary/aromatic N) is 2. The maximum absolute atomic E-state index is 3.63. The fourth-order valence-electron chi connectivity index (χ4n) is 7.98. The maximum Gasteiger partial charge on any atom is 0.105 e. The van der Waals surface area contributed by atoms with Gasteiger partial charge in [-0.05, 0) is 88.7 Å². The van der Waals surface area contributed by atoms with Crippen molar-refractivity contribution >= 4 is 55.1 Å². The lowest BCUT2D eigenvalue weighted by atomic mass is 9.92. The lowest BCUT2D eigenvalue weighted by molar-refractivity contribution is 1.04. The van der Waals surface area contributed by atoms with Gasteiger partial charge in [0.2, 0.25) is 0 Å². The molecule has 8 aromatic rings. The summed E-state index contributed by atoms with van der Waals surface area (Å²) in [4.78, 5) is 0. The maximum atomic E-state index is 3.63. The van der Waals surface area contributed by atoms with Gasteiger partial charge in [0.1, 0.15) is 5.69 Å². The van der Waals surface area contributed by atoms with Crippen molar-refractivity contribution in [1.29, 1.82) is 0 Å². The van der Waals surface area contributed by atoms with Crippen molar-refractivity contribution in [1.82, 2.24) is 9.13 Å². The Bertz CT molecular complexity index is 2770. The van der Waals surface area contributed by atoms with E-state index in [0.717, 1.165) is 30.6 Å². The van der Waals surface area contributed by atoms with E-state index in [1.807, 2.05) is 0 Å². The summed E-state index contributed by atoms with van der Waals surface area (Å²) >= 11 is 0. The molecule has 6 aromatic carbocycles. The van der Waals surface area contributed by atoms with Crippen LogP contribution < -0.4 is 0 Å². The Morgan fingerprint density at radius 3 is 2.27 bits per heavy atom. The van der Waals surface area contributed by atoms with Gasteiger partial charge in [-0.3, -0.25) is 0 Å². The Labute approximate surface area is 285 Å². The predicted octanol–water partition coefficient (Wildman–Crippen LogP) is 12.0. The van der Waals surface area contributed by atoms with Gasteiger partial charge < -0.3 is 9.13 Å². The van der Waals surface area contributed by atoms with Gasteiger partial charge >= 0.3 is 0 Å². The summed E-state index contributed by atoms with van der Waals surface area (Å²) in [6.07, 6.45) is 14.1. The molecule has 0 fully saturated rings.